The second-order valence-electron chi connectivity index (χ2n) is 6.96. The van der Waals surface area contributed by atoms with Crippen LogP contribution in [-0.4, -0.2) is 29.2 Å². The Morgan fingerprint density at radius 3 is 2.11 bits per heavy atom. The standard InChI is InChI=1S/C22H22ClNO4/c1-14-12-16(13-15(2)20(14)23)28-19(25)10-4-3-7-11-24-21(26)17-8-5-6-9-18(17)22(24)27/h5-6,8-9,12-13H,3-4,7,10-11H2,1-2H3. The topological polar surface area (TPSA) is 63.7 Å². The number of unbranched alkanes of at least 4 members (excludes halogenated alkanes) is 2. The molecule has 0 aromatic heterocycles. The predicted octanol–water partition coefficient (Wildman–Crippen LogP) is 4.72. The van der Waals surface area contributed by atoms with Crippen molar-refractivity contribution < 1.29 is 19.1 Å². The molecule has 0 unspecified atom stereocenters. The van der Waals surface area contributed by atoms with E-state index in [1.54, 1.807) is 36.4 Å². The first-order valence-corrected chi connectivity index (χ1v) is 9.69. The van der Waals surface area contributed by atoms with Crippen LogP contribution in [0.3, 0.4) is 0 Å². The van der Waals surface area contributed by atoms with E-state index in [9.17, 15) is 14.4 Å². The number of ether oxygens (including phenoxy) is 1. The number of esters is 1. The van der Waals surface area contributed by atoms with Crippen molar-refractivity contribution in [2.24, 2.45) is 0 Å². The molecule has 3 rings (SSSR count). The summed E-state index contributed by atoms with van der Waals surface area (Å²) in [5, 5.41) is 0.674. The molecule has 2 aromatic carbocycles. The van der Waals surface area contributed by atoms with Crippen LogP contribution in [0.4, 0.5) is 0 Å². The van der Waals surface area contributed by atoms with Crippen molar-refractivity contribution in [3.8, 4) is 5.75 Å². The summed E-state index contributed by atoms with van der Waals surface area (Å²) in [7, 11) is 0. The van der Waals surface area contributed by atoms with Crippen molar-refractivity contribution >= 4 is 29.4 Å². The van der Waals surface area contributed by atoms with Gasteiger partial charge >= 0.3 is 5.97 Å². The Hall–Kier alpha value is -2.66. The van der Waals surface area contributed by atoms with E-state index in [4.69, 9.17) is 16.3 Å². The maximum absolute atomic E-state index is 12.3. The van der Waals surface area contributed by atoms with E-state index in [0.717, 1.165) is 17.5 Å². The monoisotopic (exact) mass is 399 g/mol. The fourth-order valence-electron chi connectivity index (χ4n) is 3.31. The minimum atomic E-state index is -0.304. The van der Waals surface area contributed by atoms with E-state index >= 15 is 0 Å². The maximum atomic E-state index is 12.3. The lowest BCUT2D eigenvalue weighted by atomic mass is 10.1. The average molecular weight is 400 g/mol. The highest BCUT2D eigenvalue weighted by atomic mass is 35.5. The van der Waals surface area contributed by atoms with Crippen molar-refractivity contribution in [2.75, 3.05) is 6.54 Å². The molecule has 28 heavy (non-hydrogen) atoms. The molecule has 0 radical (unpaired) electrons. The number of rotatable bonds is 7. The second-order valence-corrected chi connectivity index (χ2v) is 7.34. The van der Waals surface area contributed by atoms with Gasteiger partial charge in [-0.25, -0.2) is 0 Å². The summed E-state index contributed by atoms with van der Waals surface area (Å²) in [6.07, 6.45) is 2.29. The van der Waals surface area contributed by atoms with Gasteiger partial charge in [0.2, 0.25) is 0 Å². The fraction of sp³-hybridized carbons (Fsp3) is 0.318. The average Bonchev–Trinajstić information content (AvgIpc) is 2.91. The van der Waals surface area contributed by atoms with Crippen LogP contribution in [0, 0.1) is 13.8 Å². The molecule has 5 nitrogen and oxygen atoms in total. The van der Waals surface area contributed by atoms with E-state index in [2.05, 4.69) is 0 Å². The van der Waals surface area contributed by atoms with Gasteiger partial charge < -0.3 is 4.74 Å². The van der Waals surface area contributed by atoms with Crippen molar-refractivity contribution in [3.63, 3.8) is 0 Å². The smallest absolute Gasteiger partial charge is 0.311 e. The third kappa shape index (κ3) is 4.25. The first-order valence-electron chi connectivity index (χ1n) is 9.31. The molecule has 2 amide bonds. The fourth-order valence-corrected chi connectivity index (χ4v) is 3.41. The Bertz CT molecular complexity index is 880. The SMILES string of the molecule is Cc1cc(OC(=O)CCCCCN2C(=O)c3ccccc3C2=O)cc(C)c1Cl. The van der Waals surface area contributed by atoms with E-state index < -0.39 is 0 Å². The molecule has 0 aliphatic carbocycles. The lowest BCUT2D eigenvalue weighted by Gasteiger charge is -2.13. The number of imide groups is 1. The molecule has 0 saturated carbocycles. The second kappa shape index (κ2) is 8.57. The van der Waals surface area contributed by atoms with Crippen molar-refractivity contribution in [2.45, 2.75) is 39.5 Å². The molecule has 1 aliphatic rings. The van der Waals surface area contributed by atoms with Crippen LogP contribution in [0.2, 0.25) is 5.02 Å². The van der Waals surface area contributed by atoms with Gasteiger partial charge in [0.25, 0.3) is 11.8 Å². The highest BCUT2D eigenvalue weighted by molar-refractivity contribution is 6.32. The number of halogens is 1. The van der Waals surface area contributed by atoms with Crippen LogP contribution in [0.15, 0.2) is 36.4 Å². The van der Waals surface area contributed by atoms with Gasteiger partial charge in [-0.3, -0.25) is 19.3 Å². The summed E-state index contributed by atoms with van der Waals surface area (Å²) in [6, 6.07) is 10.3. The van der Waals surface area contributed by atoms with Gasteiger partial charge in [0, 0.05) is 18.0 Å². The predicted molar refractivity (Wildman–Crippen MR) is 107 cm³/mol. The Balaban J connectivity index is 1.41. The molecule has 1 heterocycles. The van der Waals surface area contributed by atoms with Gasteiger partial charge in [-0.05, 0) is 62.1 Å². The van der Waals surface area contributed by atoms with Gasteiger partial charge in [0.15, 0.2) is 0 Å². The minimum Gasteiger partial charge on any atom is -0.427 e. The van der Waals surface area contributed by atoms with Crippen LogP contribution in [0.5, 0.6) is 5.75 Å². The zero-order valence-corrected chi connectivity index (χ0v) is 16.7. The summed E-state index contributed by atoms with van der Waals surface area (Å²) < 4.78 is 5.37. The Morgan fingerprint density at radius 1 is 0.964 bits per heavy atom. The third-order valence-electron chi connectivity index (χ3n) is 4.78. The van der Waals surface area contributed by atoms with E-state index in [-0.39, 0.29) is 24.2 Å². The number of fused-ring (bicyclic) bond motifs is 1. The van der Waals surface area contributed by atoms with Crippen molar-refractivity contribution in [1.29, 1.82) is 0 Å². The van der Waals surface area contributed by atoms with Gasteiger partial charge in [-0.2, -0.15) is 0 Å². The van der Waals surface area contributed by atoms with Crippen LogP contribution in [-0.2, 0) is 4.79 Å². The normalized spacial score (nSPS) is 13.0. The first-order chi connectivity index (χ1) is 13.4. The number of hydrogen-bond acceptors (Lipinski definition) is 4. The molecule has 0 bridgehead atoms. The van der Waals surface area contributed by atoms with E-state index in [1.165, 1.54) is 4.90 Å². The largest absolute Gasteiger partial charge is 0.427 e. The Kier molecular flexibility index (Phi) is 6.15. The molecule has 0 N–H and O–H groups in total. The van der Waals surface area contributed by atoms with Crippen LogP contribution in [0.25, 0.3) is 0 Å². The number of hydrogen-bond donors (Lipinski definition) is 0. The lowest BCUT2D eigenvalue weighted by molar-refractivity contribution is -0.134. The molecule has 2 aromatic rings. The molecular weight excluding hydrogens is 378 g/mol. The van der Waals surface area contributed by atoms with Gasteiger partial charge in [0.1, 0.15) is 5.75 Å². The number of benzene rings is 2. The van der Waals surface area contributed by atoms with Crippen LogP contribution in [0.1, 0.15) is 57.5 Å². The summed E-state index contributed by atoms with van der Waals surface area (Å²) in [6.45, 7) is 4.09. The van der Waals surface area contributed by atoms with Gasteiger partial charge in [-0.15, -0.1) is 0 Å². The third-order valence-corrected chi connectivity index (χ3v) is 5.38. The molecule has 0 atom stereocenters. The molecule has 0 saturated heterocycles. The number of carbonyl (C=O) groups excluding carboxylic acids is 3. The number of nitrogens with zero attached hydrogens (tertiary/aromatic N) is 1. The first kappa shape index (κ1) is 20.1. The summed E-state index contributed by atoms with van der Waals surface area (Å²) in [5.74, 6) is -0.292. The van der Waals surface area contributed by atoms with Crippen LogP contribution < -0.4 is 4.74 Å². The summed E-state index contributed by atoms with van der Waals surface area (Å²) in [5.41, 5.74) is 2.66. The number of amides is 2. The zero-order valence-electron chi connectivity index (χ0n) is 16.0. The van der Waals surface area contributed by atoms with Crippen molar-refractivity contribution in [3.05, 3.63) is 63.7 Å². The maximum Gasteiger partial charge on any atom is 0.311 e. The van der Waals surface area contributed by atoms with Crippen molar-refractivity contribution in [1.82, 2.24) is 4.90 Å². The lowest BCUT2D eigenvalue weighted by Crippen LogP contribution is -2.30. The minimum absolute atomic E-state index is 0.242. The quantitative estimate of drug-likeness (QED) is 0.292. The van der Waals surface area contributed by atoms with E-state index in [1.807, 2.05) is 13.8 Å². The van der Waals surface area contributed by atoms with Crippen LogP contribution >= 0.6 is 11.6 Å². The Morgan fingerprint density at radius 2 is 1.54 bits per heavy atom. The van der Waals surface area contributed by atoms with Gasteiger partial charge in [0.05, 0.1) is 11.1 Å². The van der Waals surface area contributed by atoms with E-state index in [0.29, 0.717) is 41.3 Å². The highest BCUT2D eigenvalue weighted by Crippen LogP contribution is 2.26. The summed E-state index contributed by atoms with van der Waals surface area (Å²) >= 11 is 6.12. The molecule has 146 valence electrons. The molecular formula is C22H22ClNO4. The highest BCUT2D eigenvalue weighted by Gasteiger charge is 2.34. The molecule has 0 fully saturated rings. The number of aryl methyl sites for hydroxylation is 2. The molecule has 1 aliphatic heterocycles. The molecule has 0 spiro atoms. The number of carbonyl (C=O) groups is 3. The summed E-state index contributed by atoms with van der Waals surface area (Å²) in [4.78, 5) is 37.9. The zero-order chi connectivity index (χ0) is 20.3. The van der Waals surface area contributed by atoms with Gasteiger partial charge in [-0.1, -0.05) is 30.2 Å². The molecule has 6 heteroatoms. The Labute approximate surface area is 169 Å².